The summed E-state index contributed by atoms with van der Waals surface area (Å²) in [5.41, 5.74) is 7.21. The van der Waals surface area contributed by atoms with Crippen molar-refractivity contribution >= 4 is 16.6 Å². The summed E-state index contributed by atoms with van der Waals surface area (Å²) in [6, 6.07) is 6.85. The van der Waals surface area contributed by atoms with Gasteiger partial charge in [-0.2, -0.15) is 0 Å². The van der Waals surface area contributed by atoms with Crippen LogP contribution in [0.5, 0.6) is 0 Å². The van der Waals surface area contributed by atoms with E-state index in [1.165, 1.54) is 0 Å². The van der Waals surface area contributed by atoms with Gasteiger partial charge in [0.25, 0.3) is 0 Å². The number of aromatic nitrogens is 1. The third kappa shape index (κ3) is 1.18. The number of hydrogen-bond donors (Lipinski definition) is 1. The second-order valence-electron chi connectivity index (χ2n) is 3.07. The molecular formula is C10H10N2O. The Morgan fingerprint density at radius 3 is 2.85 bits per heavy atom. The minimum absolute atomic E-state index is 0.0353. The van der Waals surface area contributed by atoms with Gasteiger partial charge >= 0.3 is 0 Å². The number of hydrogen-bond acceptors (Lipinski definition) is 2. The summed E-state index contributed by atoms with van der Waals surface area (Å²) in [7, 11) is 1.89. The summed E-state index contributed by atoms with van der Waals surface area (Å²) < 4.78 is 1.88. The van der Waals surface area contributed by atoms with Gasteiger partial charge in [-0.05, 0) is 18.2 Å². The summed E-state index contributed by atoms with van der Waals surface area (Å²) in [5.74, 6) is 0. The third-order valence-electron chi connectivity index (χ3n) is 2.12. The van der Waals surface area contributed by atoms with E-state index in [1.807, 2.05) is 11.6 Å². The molecule has 66 valence electrons. The molecule has 2 aromatic rings. The van der Waals surface area contributed by atoms with E-state index in [2.05, 4.69) is 0 Å². The highest BCUT2D eigenvalue weighted by Gasteiger charge is 1.99. The number of nitrogen functional groups attached to an aromatic ring is 1. The number of rotatable bonds is 0. The highest BCUT2D eigenvalue weighted by molar-refractivity contribution is 5.81. The highest BCUT2D eigenvalue weighted by Crippen LogP contribution is 2.12. The lowest BCUT2D eigenvalue weighted by molar-refractivity contribution is 0.951. The van der Waals surface area contributed by atoms with Crippen molar-refractivity contribution in [1.29, 1.82) is 0 Å². The minimum atomic E-state index is 0.0353. The zero-order chi connectivity index (χ0) is 9.42. The first-order valence-corrected chi connectivity index (χ1v) is 4.03. The molecule has 0 saturated heterocycles. The predicted molar refractivity (Wildman–Crippen MR) is 53.6 cm³/mol. The third-order valence-corrected chi connectivity index (χ3v) is 2.12. The zero-order valence-corrected chi connectivity index (χ0v) is 7.32. The Labute approximate surface area is 75.4 Å². The van der Waals surface area contributed by atoms with Crippen LogP contribution in [0.3, 0.4) is 0 Å². The van der Waals surface area contributed by atoms with Crippen LogP contribution in [0.1, 0.15) is 0 Å². The molecule has 1 heterocycles. The molecule has 2 rings (SSSR count). The Balaban J connectivity index is 3.01. The second-order valence-corrected chi connectivity index (χ2v) is 3.07. The fourth-order valence-corrected chi connectivity index (χ4v) is 1.40. The van der Waals surface area contributed by atoms with Crippen molar-refractivity contribution in [2.45, 2.75) is 0 Å². The van der Waals surface area contributed by atoms with E-state index in [9.17, 15) is 4.79 Å². The Hall–Kier alpha value is -1.77. The SMILES string of the molecule is Cn1ccc(=O)c2ccc(N)cc21. The van der Waals surface area contributed by atoms with E-state index < -0.39 is 0 Å². The quantitative estimate of drug-likeness (QED) is 0.608. The smallest absolute Gasteiger partial charge is 0.189 e. The van der Waals surface area contributed by atoms with E-state index in [0.717, 1.165) is 5.52 Å². The summed E-state index contributed by atoms with van der Waals surface area (Å²) in [4.78, 5) is 11.4. The predicted octanol–water partition coefficient (Wildman–Crippen LogP) is 1.12. The summed E-state index contributed by atoms with van der Waals surface area (Å²) in [5, 5.41) is 0.708. The molecule has 0 fully saturated rings. The lowest BCUT2D eigenvalue weighted by Gasteiger charge is -2.04. The number of pyridine rings is 1. The molecule has 0 aliphatic carbocycles. The molecule has 0 atom stereocenters. The fraction of sp³-hybridized carbons (Fsp3) is 0.100. The molecule has 0 spiro atoms. The Bertz CT molecular complexity index is 514. The van der Waals surface area contributed by atoms with Crippen molar-refractivity contribution < 1.29 is 0 Å². The molecular weight excluding hydrogens is 164 g/mol. The highest BCUT2D eigenvalue weighted by atomic mass is 16.1. The molecule has 2 N–H and O–H groups in total. The van der Waals surface area contributed by atoms with Crippen molar-refractivity contribution in [3.63, 3.8) is 0 Å². The van der Waals surface area contributed by atoms with Gasteiger partial charge in [0.2, 0.25) is 0 Å². The largest absolute Gasteiger partial charge is 0.399 e. The molecule has 13 heavy (non-hydrogen) atoms. The van der Waals surface area contributed by atoms with Crippen LogP contribution in [0.25, 0.3) is 10.9 Å². The van der Waals surface area contributed by atoms with Crippen LogP contribution in [-0.2, 0) is 7.05 Å². The summed E-state index contributed by atoms with van der Waals surface area (Å²) >= 11 is 0. The lowest BCUT2D eigenvalue weighted by atomic mass is 10.2. The standard InChI is InChI=1S/C10H10N2O/c1-12-5-4-10(13)8-3-2-7(11)6-9(8)12/h2-6H,11H2,1H3. The Morgan fingerprint density at radius 2 is 2.08 bits per heavy atom. The molecule has 0 amide bonds. The average Bonchev–Trinajstić information content (AvgIpc) is 2.12. The first-order chi connectivity index (χ1) is 6.18. The van der Waals surface area contributed by atoms with Crippen molar-refractivity contribution in [3.8, 4) is 0 Å². The van der Waals surface area contributed by atoms with Gasteiger partial charge in [-0.25, -0.2) is 0 Å². The van der Waals surface area contributed by atoms with Crippen molar-refractivity contribution in [2.24, 2.45) is 7.05 Å². The molecule has 0 bridgehead atoms. The topological polar surface area (TPSA) is 48.0 Å². The number of benzene rings is 1. The van der Waals surface area contributed by atoms with Crippen LogP contribution in [-0.4, -0.2) is 4.57 Å². The first-order valence-electron chi connectivity index (χ1n) is 4.03. The van der Waals surface area contributed by atoms with Crippen molar-refractivity contribution in [2.75, 3.05) is 5.73 Å². The molecule has 0 radical (unpaired) electrons. The maximum Gasteiger partial charge on any atom is 0.189 e. The molecule has 0 aliphatic rings. The van der Waals surface area contributed by atoms with Crippen LogP contribution < -0.4 is 11.2 Å². The minimum Gasteiger partial charge on any atom is -0.399 e. The molecule has 0 saturated carbocycles. The Morgan fingerprint density at radius 1 is 1.31 bits per heavy atom. The van der Waals surface area contributed by atoms with E-state index in [4.69, 9.17) is 5.73 Å². The van der Waals surface area contributed by atoms with Crippen LogP contribution in [0, 0.1) is 0 Å². The normalized spacial score (nSPS) is 10.5. The molecule has 3 nitrogen and oxygen atoms in total. The van der Waals surface area contributed by atoms with E-state index in [1.54, 1.807) is 30.5 Å². The number of anilines is 1. The monoisotopic (exact) mass is 174 g/mol. The first kappa shape index (κ1) is 7.86. The number of fused-ring (bicyclic) bond motifs is 1. The maximum atomic E-state index is 11.4. The van der Waals surface area contributed by atoms with Gasteiger partial charge in [-0.1, -0.05) is 0 Å². The van der Waals surface area contributed by atoms with Gasteiger partial charge in [-0.3, -0.25) is 4.79 Å². The lowest BCUT2D eigenvalue weighted by Crippen LogP contribution is -2.05. The number of aryl methyl sites for hydroxylation is 1. The van der Waals surface area contributed by atoms with E-state index >= 15 is 0 Å². The fourth-order valence-electron chi connectivity index (χ4n) is 1.40. The van der Waals surface area contributed by atoms with Gasteiger partial charge in [-0.15, -0.1) is 0 Å². The zero-order valence-electron chi connectivity index (χ0n) is 7.32. The van der Waals surface area contributed by atoms with Crippen molar-refractivity contribution in [1.82, 2.24) is 4.57 Å². The number of nitrogens with two attached hydrogens (primary N) is 1. The molecule has 0 aliphatic heterocycles. The van der Waals surface area contributed by atoms with E-state index in [-0.39, 0.29) is 5.43 Å². The molecule has 0 unspecified atom stereocenters. The summed E-state index contributed by atoms with van der Waals surface area (Å²) in [6.45, 7) is 0. The molecule has 3 heteroatoms. The van der Waals surface area contributed by atoms with E-state index in [0.29, 0.717) is 11.1 Å². The molecule has 1 aromatic carbocycles. The van der Waals surface area contributed by atoms with Gasteiger partial charge < -0.3 is 10.3 Å². The van der Waals surface area contributed by atoms with Gasteiger partial charge in [0, 0.05) is 30.4 Å². The van der Waals surface area contributed by atoms with Gasteiger partial charge in [0.15, 0.2) is 5.43 Å². The van der Waals surface area contributed by atoms with Crippen LogP contribution >= 0.6 is 0 Å². The number of nitrogens with zero attached hydrogens (tertiary/aromatic N) is 1. The summed E-state index contributed by atoms with van der Waals surface area (Å²) in [6.07, 6.45) is 1.74. The van der Waals surface area contributed by atoms with Gasteiger partial charge in [0.1, 0.15) is 0 Å². The molecule has 1 aromatic heterocycles. The van der Waals surface area contributed by atoms with Crippen LogP contribution in [0.2, 0.25) is 0 Å². The van der Waals surface area contributed by atoms with Gasteiger partial charge in [0.05, 0.1) is 5.52 Å². The van der Waals surface area contributed by atoms with Crippen LogP contribution in [0.15, 0.2) is 35.3 Å². The van der Waals surface area contributed by atoms with Crippen LogP contribution in [0.4, 0.5) is 5.69 Å². The second kappa shape index (κ2) is 2.62. The average molecular weight is 174 g/mol. The van der Waals surface area contributed by atoms with Crippen molar-refractivity contribution in [3.05, 3.63) is 40.7 Å². The maximum absolute atomic E-state index is 11.4. The Kier molecular flexibility index (Phi) is 1.59.